The third-order valence-corrected chi connectivity index (χ3v) is 15.5. The van der Waals surface area contributed by atoms with Crippen molar-refractivity contribution in [3.05, 3.63) is 71.2 Å². The molecule has 3 fully saturated rings. The first-order valence-corrected chi connectivity index (χ1v) is 23.5. The summed E-state index contributed by atoms with van der Waals surface area (Å²) >= 11 is 1.76. The molecule has 7 heterocycles. The van der Waals surface area contributed by atoms with Gasteiger partial charge >= 0.3 is 12.1 Å². The Morgan fingerprint density at radius 1 is 0.810 bits per heavy atom. The van der Waals surface area contributed by atoms with Gasteiger partial charge in [-0.1, -0.05) is 45.9 Å². The molecule has 9 rings (SSSR count). The summed E-state index contributed by atoms with van der Waals surface area (Å²) in [7, 11) is 4.95. The van der Waals surface area contributed by atoms with Crippen molar-refractivity contribution in [3.63, 3.8) is 0 Å². The number of imidazole rings is 1. The number of aromatic amines is 1. The number of carbonyl (C=O) groups excluding carboxylic acids is 4. The summed E-state index contributed by atoms with van der Waals surface area (Å²) in [6.07, 6.45) is 7.76. The van der Waals surface area contributed by atoms with Crippen molar-refractivity contribution in [1.29, 1.82) is 0 Å². The molecule has 5 aliphatic rings. The Balaban J connectivity index is 0.948. The van der Waals surface area contributed by atoms with Crippen LogP contribution in [-0.4, -0.2) is 101 Å². The largest absolute Gasteiger partial charge is 0.469 e. The molecule has 0 aliphatic carbocycles. The number of hydrogen-bond donors (Lipinski definition) is 2. The standard InChI is InChI=1S/C49H59N7O6S/c1-26(2)32(24-42(57)61-6)47(58)56-21-9-11-39(56)46-50-25-35(52-46)41-19-18-40(63-41)31-14-13-30(43-37-16-17-38(44(31)43)54(37)5)28-12-15-33-29(22-28)23-34(51-33)36-10-8-20-55(36)48(59)45(27(3)4)53-49(60)62-7/h12-15,18-19,22,25-27,32,36-39,45H,8-11,16-17,20-21,23-24H2,1-7H3,(H,50,52)(H,53,60)/t32-,36?,37?,38?,39-,45-/m0/s1. The van der Waals surface area contributed by atoms with E-state index in [1.165, 1.54) is 52.5 Å². The zero-order valence-corrected chi connectivity index (χ0v) is 38.2. The number of aromatic nitrogens is 2. The summed E-state index contributed by atoms with van der Waals surface area (Å²) in [6, 6.07) is 15.4. The maximum atomic E-state index is 13.8. The average molecular weight is 874 g/mol. The number of hydrogen-bond acceptors (Lipinski definition) is 10. The van der Waals surface area contributed by atoms with Crippen LogP contribution in [0.5, 0.6) is 0 Å². The molecule has 3 amide bonds. The van der Waals surface area contributed by atoms with Crippen LogP contribution in [0.3, 0.4) is 0 Å². The van der Waals surface area contributed by atoms with E-state index in [1.807, 2.05) is 43.7 Å². The molecular formula is C49H59N7O6S. The van der Waals surface area contributed by atoms with Crippen molar-refractivity contribution in [3.8, 4) is 32.1 Å². The van der Waals surface area contributed by atoms with Gasteiger partial charge in [-0.05, 0) is 115 Å². The lowest BCUT2D eigenvalue weighted by atomic mass is 9.82. The Labute approximate surface area is 373 Å². The Kier molecular flexibility index (Phi) is 11.8. The summed E-state index contributed by atoms with van der Waals surface area (Å²) in [5, 5.41) is 2.76. The Morgan fingerprint density at radius 2 is 1.49 bits per heavy atom. The predicted molar refractivity (Wildman–Crippen MR) is 244 cm³/mol. The van der Waals surface area contributed by atoms with E-state index in [9.17, 15) is 19.2 Å². The van der Waals surface area contributed by atoms with Crippen molar-refractivity contribution in [2.24, 2.45) is 22.7 Å². The van der Waals surface area contributed by atoms with E-state index in [1.54, 1.807) is 11.3 Å². The smallest absolute Gasteiger partial charge is 0.407 e. The maximum absolute atomic E-state index is 13.8. The van der Waals surface area contributed by atoms with Gasteiger partial charge in [0.25, 0.3) is 0 Å². The lowest BCUT2D eigenvalue weighted by molar-refractivity contribution is -0.148. The zero-order chi connectivity index (χ0) is 44.3. The van der Waals surface area contributed by atoms with E-state index >= 15 is 0 Å². The van der Waals surface area contributed by atoms with Gasteiger partial charge in [0, 0.05) is 42.2 Å². The summed E-state index contributed by atoms with van der Waals surface area (Å²) < 4.78 is 9.75. The minimum atomic E-state index is -0.664. The van der Waals surface area contributed by atoms with Crippen LogP contribution in [0.2, 0.25) is 0 Å². The highest BCUT2D eigenvalue weighted by atomic mass is 32.1. The number of methoxy groups -OCH3 is 2. The molecule has 0 saturated carbocycles. The molecule has 13 nitrogen and oxygen atoms in total. The van der Waals surface area contributed by atoms with Gasteiger partial charge in [0.1, 0.15) is 11.9 Å². The molecule has 3 saturated heterocycles. The SMILES string of the molecule is COC(=O)C[C@H](C(=O)N1CCC[C@H]1c1ncc(-c2ccc(-c3ccc(-c4ccc5c(c4)CC(C4CCCN4C(=O)[C@@H](NC(=O)OC)C(C)C)=N5)c4c3C3CCC4N3C)s2)[nH]1)C(C)C. The van der Waals surface area contributed by atoms with Crippen LogP contribution in [0, 0.1) is 17.8 Å². The molecule has 2 bridgehead atoms. The summed E-state index contributed by atoms with van der Waals surface area (Å²) in [5.41, 5.74) is 10.7. The summed E-state index contributed by atoms with van der Waals surface area (Å²) in [5.74, 6) is -0.199. The van der Waals surface area contributed by atoms with Crippen molar-refractivity contribution < 1.29 is 28.7 Å². The second-order valence-corrected chi connectivity index (χ2v) is 19.7. The molecule has 0 spiro atoms. The van der Waals surface area contributed by atoms with Crippen molar-refractivity contribution in [2.45, 2.75) is 109 Å². The highest BCUT2D eigenvalue weighted by molar-refractivity contribution is 7.18. The highest BCUT2D eigenvalue weighted by Gasteiger charge is 2.45. The number of rotatable bonds is 12. The minimum Gasteiger partial charge on any atom is -0.469 e. The molecule has 6 atom stereocenters. The lowest BCUT2D eigenvalue weighted by Gasteiger charge is -2.30. The third kappa shape index (κ3) is 7.76. The number of esters is 1. The van der Waals surface area contributed by atoms with E-state index in [2.05, 4.69) is 64.7 Å². The second kappa shape index (κ2) is 17.3. The zero-order valence-electron chi connectivity index (χ0n) is 37.4. The van der Waals surface area contributed by atoms with Gasteiger partial charge in [0.15, 0.2) is 0 Å². The Hall–Kier alpha value is -5.34. The number of likely N-dealkylation sites (tertiary alicyclic amines) is 2. The summed E-state index contributed by atoms with van der Waals surface area (Å²) in [6.45, 7) is 9.12. The second-order valence-electron chi connectivity index (χ2n) is 18.6. The van der Waals surface area contributed by atoms with Crippen LogP contribution < -0.4 is 5.32 Å². The van der Waals surface area contributed by atoms with Crippen LogP contribution in [0.1, 0.15) is 113 Å². The molecular weight excluding hydrogens is 815 g/mol. The number of carbonyl (C=O) groups is 4. The van der Waals surface area contributed by atoms with Crippen LogP contribution in [0.15, 0.2) is 53.7 Å². The van der Waals surface area contributed by atoms with E-state index < -0.39 is 18.1 Å². The van der Waals surface area contributed by atoms with Gasteiger partial charge in [-0.3, -0.25) is 24.3 Å². The fourth-order valence-electron chi connectivity index (χ4n) is 11.0. The molecule has 332 valence electrons. The number of amides is 3. The predicted octanol–water partition coefficient (Wildman–Crippen LogP) is 8.79. The lowest BCUT2D eigenvalue weighted by Crippen LogP contribution is -2.53. The van der Waals surface area contributed by atoms with Crippen LogP contribution in [0.25, 0.3) is 32.1 Å². The number of thiophene rings is 1. The van der Waals surface area contributed by atoms with Gasteiger partial charge in [0.2, 0.25) is 11.8 Å². The number of aliphatic imine (C=N–C) groups is 1. The highest BCUT2D eigenvalue weighted by Crippen LogP contribution is 2.58. The van der Waals surface area contributed by atoms with Crippen LogP contribution in [-0.2, 0) is 30.3 Å². The Morgan fingerprint density at radius 3 is 2.19 bits per heavy atom. The quantitative estimate of drug-likeness (QED) is 0.134. The fourth-order valence-corrected chi connectivity index (χ4v) is 12.0. The number of nitrogens with zero attached hydrogens (tertiary/aromatic N) is 5. The van der Waals surface area contributed by atoms with Crippen molar-refractivity contribution >= 4 is 46.6 Å². The molecule has 2 N–H and O–H groups in total. The Bertz CT molecular complexity index is 2470. The fraction of sp³-hybridized carbons (Fsp3) is 0.510. The third-order valence-electron chi connectivity index (χ3n) is 14.3. The molecule has 63 heavy (non-hydrogen) atoms. The first-order valence-electron chi connectivity index (χ1n) is 22.6. The van der Waals surface area contributed by atoms with Crippen molar-refractivity contribution in [1.82, 2.24) is 30.0 Å². The van der Waals surface area contributed by atoms with E-state index in [0.717, 1.165) is 66.3 Å². The van der Waals surface area contributed by atoms with Gasteiger partial charge in [-0.15, -0.1) is 11.3 Å². The topological polar surface area (TPSA) is 150 Å². The number of benzene rings is 2. The normalized spacial score (nSPS) is 22.4. The summed E-state index contributed by atoms with van der Waals surface area (Å²) in [4.78, 5) is 74.1. The maximum Gasteiger partial charge on any atom is 0.407 e. The molecule has 14 heteroatoms. The number of nitrogens with one attached hydrogen (secondary N) is 2. The number of H-pyrrole nitrogens is 1. The number of ether oxygens (including phenoxy) is 2. The minimum absolute atomic E-state index is 0.00734. The van der Waals surface area contributed by atoms with Crippen molar-refractivity contribution in [2.75, 3.05) is 34.4 Å². The van der Waals surface area contributed by atoms with E-state index in [-0.39, 0.29) is 48.1 Å². The first-order chi connectivity index (χ1) is 30.4. The van der Waals surface area contributed by atoms with Crippen LogP contribution in [0.4, 0.5) is 10.5 Å². The molecule has 2 aromatic carbocycles. The molecule has 3 unspecified atom stereocenters. The van der Waals surface area contributed by atoms with Gasteiger partial charge in [-0.2, -0.15) is 0 Å². The molecule has 0 radical (unpaired) electrons. The van der Waals surface area contributed by atoms with Gasteiger partial charge in [-0.25, -0.2) is 9.78 Å². The monoisotopic (exact) mass is 873 g/mol. The molecule has 5 aliphatic heterocycles. The average Bonchev–Trinajstić information content (AvgIpc) is 4.14. The van der Waals surface area contributed by atoms with Gasteiger partial charge in [0.05, 0.1) is 61.1 Å². The molecule has 4 aromatic rings. The number of fused-ring (bicyclic) bond motifs is 6. The van der Waals surface area contributed by atoms with Gasteiger partial charge < -0.3 is 29.6 Å². The van der Waals surface area contributed by atoms with E-state index in [0.29, 0.717) is 31.6 Å². The molecule has 2 aromatic heterocycles. The van der Waals surface area contributed by atoms with E-state index in [4.69, 9.17) is 19.5 Å². The van der Waals surface area contributed by atoms with Crippen LogP contribution >= 0.6 is 11.3 Å². The first kappa shape index (κ1) is 42.9. The number of alkyl carbamates (subject to hydrolysis) is 1.